The molecule has 96 valence electrons. The molecule has 0 saturated heterocycles. The molecule has 18 heavy (non-hydrogen) atoms. The van der Waals surface area contributed by atoms with Crippen molar-refractivity contribution in [2.45, 2.75) is 0 Å². The third-order valence-electron chi connectivity index (χ3n) is 1.76. The lowest BCUT2D eigenvalue weighted by Gasteiger charge is -2.07. The van der Waals surface area contributed by atoms with Gasteiger partial charge in [-0.25, -0.2) is 9.59 Å². The lowest BCUT2D eigenvalue weighted by Crippen LogP contribution is -2.37. The minimum Gasteiger partial charge on any atom is -0.452 e. The summed E-state index contributed by atoms with van der Waals surface area (Å²) in [5.41, 5.74) is 4.66. The number of benzene rings is 1. The van der Waals surface area contributed by atoms with Crippen LogP contribution in [0.5, 0.6) is 0 Å². The van der Waals surface area contributed by atoms with Crippen LogP contribution in [0.2, 0.25) is 10.0 Å². The molecular weight excluding hydrogens is 283 g/mol. The molecule has 3 amide bonds. The predicted octanol–water partition coefficient (Wildman–Crippen LogP) is 1.35. The third-order valence-corrected chi connectivity index (χ3v) is 2.39. The first kappa shape index (κ1) is 14.3. The molecule has 0 radical (unpaired) electrons. The number of carbonyl (C=O) groups is 3. The Morgan fingerprint density at radius 2 is 1.78 bits per heavy atom. The fourth-order valence-corrected chi connectivity index (χ4v) is 1.62. The van der Waals surface area contributed by atoms with E-state index in [0.717, 1.165) is 0 Å². The zero-order chi connectivity index (χ0) is 13.7. The molecule has 0 aromatic heterocycles. The number of nitrogens with one attached hydrogen (secondary N) is 1. The number of imide groups is 1. The Labute approximate surface area is 112 Å². The summed E-state index contributed by atoms with van der Waals surface area (Å²) in [5.74, 6) is -1.72. The van der Waals surface area contributed by atoms with E-state index in [0.29, 0.717) is 0 Å². The van der Waals surface area contributed by atoms with Crippen LogP contribution in [0.15, 0.2) is 18.2 Å². The van der Waals surface area contributed by atoms with Gasteiger partial charge in [0.2, 0.25) is 0 Å². The molecule has 0 aliphatic carbocycles. The molecule has 0 heterocycles. The first-order chi connectivity index (χ1) is 8.41. The van der Waals surface area contributed by atoms with E-state index in [4.69, 9.17) is 28.9 Å². The average molecular weight is 291 g/mol. The van der Waals surface area contributed by atoms with Gasteiger partial charge in [-0.1, -0.05) is 29.3 Å². The van der Waals surface area contributed by atoms with E-state index in [1.807, 2.05) is 0 Å². The van der Waals surface area contributed by atoms with Crippen LogP contribution in [-0.2, 0) is 9.53 Å². The van der Waals surface area contributed by atoms with Gasteiger partial charge >= 0.3 is 12.0 Å². The van der Waals surface area contributed by atoms with Crippen LogP contribution in [0.3, 0.4) is 0 Å². The molecule has 1 rings (SSSR count). The number of urea groups is 1. The van der Waals surface area contributed by atoms with Crippen molar-refractivity contribution in [1.82, 2.24) is 5.32 Å². The highest BCUT2D eigenvalue weighted by Gasteiger charge is 2.17. The largest absolute Gasteiger partial charge is 0.452 e. The number of carbonyl (C=O) groups excluding carboxylic acids is 3. The SMILES string of the molecule is NC(=O)NC(=O)COC(=O)c1c(Cl)cccc1Cl. The molecule has 0 bridgehead atoms. The van der Waals surface area contributed by atoms with Gasteiger partial charge in [0.15, 0.2) is 6.61 Å². The molecule has 6 nitrogen and oxygen atoms in total. The minimum absolute atomic E-state index is 0.0484. The first-order valence-electron chi connectivity index (χ1n) is 4.62. The predicted molar refractivity (Wildman–Crippen MR) is 64.5 cm³/mol. The second kappa shape index (κ2) is 6.23. The maximum Gasteiger partial charge on any atom is 0.341 e. The van der Waals surface area contributed by atoms with Crippen molar-refractivity contribution in [2.75, 3.05) is 6.61 Å². The van der Waals surface area contributed by atoms with Crippen LogP contribution in [0.4, 0.5) is 4.79 Å². The highest BCUT2D eigenvalue weighted by Crippen LogP contribution is 2.24. The number of ether oxygens (including phenoxy) is 1. The van der Waals surface area contributed by atoms with Gasteiger partial charge < -0.3 is 10.5 Å². The maximum absolute atomic E-state index is 11.6. The van der Waals surface area contributed by atoms with Crippen molar-refractivity contribution in [3.05, 3.63) is 33.8 Å². The fourth-order valence-electron chi connectivity index (χ4n) is 1.07. The Bertz CT molecular complexity index is 484. The molecule has 0 aliphatic heterocycles. The number of rotatable bonds is 3. The Hall–Kier alpha value is -1.79. The van der Waals surface area contributed by atoms with Crippen LogP contribution in [0.25, 0.3) is 0 Å². The van der Waals surface area contributed by atoms with Gasteiger partial charge in [0, 0.05) is 0 Å². The van der Waals surface area contributed by atoms with Crippen LogP contribution in [0, 0.1) is 0 Å². The van der Waals surface area contributed by atoms with E-state index in [1.165, 1.54) is 12.1 Å². The number of hydrogen-bond acceptors (Lipinski definition) is 4. The van der Waals surface area contributed by atoms with Crippen molar-refractivity contribution in [3.63, 3.8) is 0 Å². The molecule has 0 spiro atoms. The Balaban J connectivity index is 2.66. The highest BCUT2D eigenvalue weighted by atomic mass is 35.5. The van der Waals surface area contributed by atoms with Gasteiger partial charge in [-0.05, 0) is 12.1 Å². The van der Waals surface area contributed by atoms with Crippen LogP contribution >= 0.6 is 23.2 Å². The van der Waals surface area contributed by atoms with Gasteiger partial charge in [0.25, 0.3) is 5.91 Å². The lowest BCUT2D eigenvalue weighted by atomic mass is 10.2. The number of amides is 3. The van der Waals surface area contributed by atoms with E-state index >= 15 is 0 Å². The molecule has 0 atom stereocenters. The van der Waals surface area contributed by atoms with Crippen LogP contribution in [0.1, 0.15) is 10.4 Å². The number of nitrogens with two attached hydrogens (primary N) is 1. The summed E-state index contributed by atoms with van der Waals surface area (Å²) in [7, 11) is 0. The standard InChI is InChI=1S/C10H8Cl2N2O4/c11-5-2-1-3-6(12)8(5)9(16)18-4-7(15)14-10(13)17/h1-3H,4H2,(H3,13,14,15,17). The van der Waals surface area contributed by atoms with Crippen LogP contribution in [-0.4, -0.2) is 24.5 Å². The molecule has 3 N–H and O–H groups in total. The molecule has 0 saturated carbocycles. The molecule has 0 aliphatic rings. The molecule has 8 heteroatoms. The lowest BCUT2D eigenvalue weighted by molar-refractivity contribution is -0.123. The summed E-state index contributed by atoms with van der Waals surface area (Å²) in [6, 6.07) is 3.43. The number of primary amides is 1. The quantitative estimate of drug-likeness (QED) is 0.821. The van der Waals surface area contributed by atoms with Crippen molar-refractivity contribution in [3.8, 4) is 0 Å². The Morgan fingerprint density at radius 3 is 2.28 bits per heavy atom. The van der Waals surface area contributed by atoms with Crippen molar-refractivity contribution in [1.29, 1.82) is 0 Å². The summed E-state index contributed by atoms with van der Waals surface area (Å²) < 4.78 is 4.62. The third kappa shape index (κ3) is 3.90. The zero-order valence-electron chi connectivity index (χ0n) is 8.91. The average Bonchev–Trinajstić information content (AvgIpc) is 2.25. The summed E-state index contributed by atoms with van der Waals surface area (Å²) in [4.78, 5) is 32.9. The van der Waals surface area contributed by atoms with Gasteiger partial charge in [-0.2, -0.15) is 0 Å². The van der Waals surface area contributed by atoms with Crippen molar-refractivity contribution in [2.24, 2.45) is 5.73 Å². The second-order valence-electron chi connectivity index (χ2n) is 3.09. The first-order valence-corrected chi connectivity index (χ1v) is 5.38. The van der Waals surface area contributed by atoms with Gasteiger partial charge in [0.05, 0.1) is 15.6 Å². The summed E-state index contributed by atoms with van der Waals surface area (Å²) >= 11 is 11.5. The van der Waals surface area contributed by atoms with E-state index < -0.39 is 24.5 Å². The van der Waals surface area contributed by atoms with E-state index in [2.05, 4.69) is 4.74 Å². The second-order valence-corrected chi connectivity index (χ2v) is 3.90. The maximum atomic E-state index is 11.6. The highest BCUT2D eigenvalue weighted by molar-refractivity contribution is 6.39. The van der Waals surface area contributed by atoms with Crippen LogP contribution < -0.4 is 11.1 Å². The summed E-state index contributed by atoms with van der Waals surface area (Å²) in [5, 5.41) is 1.94. The van der Waals surface area contributed by atoms with Gasteiger partial charge in [0.1, 0.15) is 0 Å². The molecule has 0 unspecified atom stereocenters. The van der Waals surface area contributed by atoms with Gasteiger partial charge in [-0.3, -0.25) is 10.1 Å². The number of hydrogen-bond donors (Lipinski definition) is 2. The molecule has 1 aromatic rings. The zero-order valence-corrected chi connectivity index (χ0v) is 10.4. The topological polar surface area (TPSA) is 98.5 Å². The number of halogens is 2. The molecule has 1 aromatic carbocycles. The molecule has 0 fully saturated rings. The van der Waals surface area contributed by atoms with Crippen molar-refractivity contribution < 1.29 is 19.1 Å². The summed E-state index contributed by atoms with van der Waals surface area (Å²) in [6.07, 6.45) is 0. The normalized spacial score (nSPS) is 9.67. The minimum atomic E-state index is -1.04. The smallest absolute Gasteiger partial charge is 0.341 e. The monoisotopic (exact) mass is 290 g/mol. The van der Waals surface area contributed by atoms with E-state index in [-0.39, 0.29) is 15.6 Å². The number of esters is 1. The fraction of sp³-hybridized carbons (Fsp3) is 0.100. The van der Waals surface area contributed by atoms with Gasteiger partial charge in [-0.15, -0.1) is 0 Å². The Kier molecular flexibility index (Phi) is 4.94. The summed E-state index contributed by atoms with van der Waals surface area (Å²) in [6.45, 7) is -0.663. The Morgan fingerprint density at radius 1 is 1.22 bits per heavy atom. The van der Waals surface area contributed by atoms with E-state index in [9.17, 15) is 14.4 Å². The van der Waals surface area contributed by atoms with E-state index in [1.54, 1.807) is 11.4 Å². The molecular formula is C10H8Cl2N2O4. The van der Waals surface area contributed by atoms with Crippen molar-refractivity contribution >= 4 is 41.1 Å².